The van der Waals surface area contributed by atoms with Gasteiger partial charge in [-0.1, -0.05) is 32.2 Å². The predicted molar refractivity (Wildman–Crippen MR) is 44.4 cm³/mol. The van der Waals surface area contributed by atoms with Crippen LogP contribution in [0.2, 0.25) is 0 Å². The maximum absolute atomic E-state index is 5.29. The Hall–Kier alpha value is -0.343. The van der Waals surface area contributed by atoms with Gasteiger partial charge >= 0.3 is 0 Å². The van der Waals surface area contributed by atoms with Gasteiger partial charge in [-0.3, -0.25) is 0 Å². The third kappa shape index (κ3) is 1.80. The van der Waals surface area contributed by atoms with E-state index in [-0.39, 0.29) is 5.60 Å². The van der Waals surface area contributed by atoms with Crippen molar-refractivity contribution in [1.29, 1.82) is 0 Å². The first kappa shape index (κ1) is 8.66. The van der Waals surface area contributed by atoms with Gasteiger partial charge in [-0.05, 0) is 6.42 Å². The Kier molecular flexibility index (Phi) is 3.50. The van der Waals surface area contributed by atoms with Crippen molar-refractivity contribution in [2.24, 2.45) is 0 Å². The van der Waals surface area contributed by atoms with E-state index in [9.17, 15) is 0 Å². The topological polar surface area (TPSA) is 9.23 Å². The van der Waals surface area contributed by atoms with E-state index in [1.807, 2.05) is 0 Å². The molecular formula is C7H14OSi. The van der Waals surface area contributed by atoms with Crippen LogP contribution in [0.25, 0.3) is 0 Å². The molecule has 1 nitrogen and oxygen atoms in total. The lowest BCUT2D eigenvalue weighted by Gasteiger charge is -2.23. The van der Waals surface area contributed by atoms with Crippen LogP contribution >= 0.6 is 0 Å². The summed E-state index contributed by atoms with van der Waals surface area (Å²) in [5, 5.41) is 0. The Balaban J connectivity index is 4.15. The van der Waals surface area contributed by atoms with Crippen molar-refractivity contribution < 1.29 is 4.43 Å². The molecule has 0 bridgehead atoms. The molecule has 0 N–H and O–H groups in total. The van der Waals surface area contributed by atoms with E-state index in [0.717, 1.165) is 16.9 Å². The summed E-state index contributed by atoms with van der Waals surface area (Å²) in [6.45, 7) is 9.40. The summed E-state index contributed by atoms with van der Waals surface area (Å²) in [5.74, 6) is 0. The molecule has 0 unspecified atom stereocenters. The molecule has 0 amide bonds. The number of hydrogen-bond acceptors (Lipinski definition) is 1. The molecule has 0 heterocycles. The Morgan fingerprint density at radius 1 is 1.56 bits per heavy atom. The van der Waals surface area contributed by atoms with Crippen LogP contribution in [0.15, 0.2) is 25.3 Å². The molecule has 0 aliphatic heterocycles. The summed E-state index contributed by atoms with van der Waals surface area (Å²) in [6.07, 6.45) is 4.52. The average Bonchev–Trinajstić information content (AvgIpc) is 1.95. The summed E-state index contributed by atoms with van der Waals surface area (Å²) in [4.78, 5) is 0. The SMILES string of the molecule is C=CC(C=C)(CC)O[SiH3]. The molecule has 0 spiro atoms. The van der Waals surface area contributed by atoms with Gasteiger partial charge in [-0.25, -0.2) is 0 Å². The third-order valence-electron chi connectivity index (χ3n) is 1.62. The Morgan fingerprint density at radius 2 is 2.00 bits per heavy atom. The Bertz CT molecular complexity index is 95.5. The minimum Gasteiger partial charge on any atom is -0.416 e. The Labute approximate surface area is 60.0 Å². The molecule has 9 heavy (non-hydrogen) atoms. The summed E-state index contributed by atoms with van der Waals surface area (Å²) in [6, 6.07) is 0. The molecule has 0 aromatic heterocycles. The molecule has 0 aliphatic rings. The maximum atomic E-state index is 5.29. The monoisotopic (exact) mass is 142 g/mol. The first-order valence-corrected chi connectivity index (χ1v) is 3.88. The van der Waals surface area contributed by atoms with E-state index in [1.54, 1.807) is 12.2 Å². The number of hydrogen-bond donors (Lipinski definition) is 0. The zero-order valence-electron chi connectivity index (χ0n) is 6.18. The molecule has 0 radical (unpaired) electrons. The van der Waals surface area contributed by atoms with Crippen molar-refractivity contribution in [1.82, 2.24) is 0 Å². The van der Waals surface area contributed by atoms with E-state index in [1.165, 1.54) is 0 Å². The minimum atomic E-state index is -0.244. The lowest BCUT2D eigenvalue weighted by atomic mass is 10.0. The Morgan fingerprint density at radius 3 is 2.00 bits per heavy atom. The van der Waals surface area contributed by atoms with Crippen LogP contribution in [0.4, 0.5) is 0 Å². The lowest BCUT2D eigenvalue weighted by Crippen LogP contribution is -2.24. The summed E-state index contributed by atoms with van der Waals surface area (Å²) < 4.78 is 5.29. The van der Waals surface area contributed by atoms with Crippen LogP contribution in [0, 0.1) is 0 Å². The molecular weight excluding hydrogens is 128 g/mol. The fourth-order valence-electron chi connectivity index (χ4n) is 0.683. The van der Waals surface area contributed by atoms with Crippen molar-refractivity contribution in [2.45, 2.75) is 18.9 Å². The van der Waals surface area contributed by atoms with Gasteiger partial charge in [0.15, 0.2) is 0 Å². The second-order valence-electron chi connectivity index (χ2n) is 1.92. The standard InChI is InChI=1S/C7H14OSi/c1-4-7(5-2,6-3)8-9/h4-5H,1-2,6H2,3,9H3. The van der Waals surface area contributed by atoms with E-state index in [0.29, 0.717) is 0 Å². The fourth-order valence-corrected chi connectivity index (χ4v) is 1.31. The van der Waals surface area contributed by atoms with Crippen molar-refractivity contribution in [2.75, 3.05) is 0 Å². The molecule has 0 aliphatic carbocycles. The van der Waals surface area contributed by atoms with Gasteiger partial charge in [0.25, 0.3) is 0 Å². The highest BCUT2D eigenvalue weighted by Gasteiger charge is 2.16. The molecule has 0 saturated carbocycles. The smallest absolute Gasteiger partial charge is 0.147 e. The summed E-state index contributed by atoms with van der Waals surface area (Å²) in [7, 11) is 0.733. The van der Waals surface area contributed by atoms with Crippen molar-refractivity contribution >= 4 is 10.5 Å². The predicted octanol–water partition coefficient (Wildman–Crippen LogP) is 0.804. The zero-order valence-corrected chi connectivity index (χ0v) is 8.18. The molecule has 0 rings (SSSR count). The van der Waals surface area contributed by atoms with Crippen molar-refractivity contribution in [3.63, 3.8) is 0 Å². The highest BCUT2D eigenvalue weighted by molar-refractivity contribution is 5.98. The quantitative estimate of drug-likeness (QED) is 0.417. The maximum Gasteiger partial charge on any atom is 0.147 e. The van der Waals surface area contributed by atoms with Gasteiger partial charge in [0, 0.05) is 0 Å². The summed E-state index contributed by atoms with van der Waals surface area (Å²) >= 11 is 0. The van der Waals surface area contributed by atoms with Crippen LogP contribution in [0.5, 0.6) is 0 Å². The van der Waals surface area contributed by atoms with Gasteiger partial charge in [-0.2, -0.15) is 0 Å². The van der Waals surface area contributed by atoms with Gasteiger partial charge < -0.3 is 4.43 Å². The van der Waals surface area contributed by atoms with E-state index >= 15 is 0 Å². The van der Waals surface area contributed by atoms with E-state index in [4.69, 9.17) is 4.43 Å². The second-order valence-corrected chi connectivity index (χ2v) is 2.33. The molecule has 0 aromatic rings. The van der Waals surface area contributed by atoms with Crippen molar-refractivity contribution in [3.8, 4) is 0 Å². The molecule has 0 atom stereocenters. The van der Waals surface area contributed by atoms with Crippen LogP contribution in [0.3, 0.4) is 0 Å². The molecule has 0 fully saturated rings. The van der Waals surface area contributed by atoms with Gasteiger partial charge in [0.05, 0.1) is 5.60 Å². The van der Waals surface area contributed by atoms with Crippen molar-refractivity contribution in [3.05, 3.63) is 25.3 Å². The van der Waals surface area contributed by atoms with Gasteiger partial charge in [0.2, 0.25) is 0 Å². The first-order valence-electron chi connectivity index (χ1n) is 3.07. The molecule has 52 valence electrons. The molecule has 0 aromatic carbocycles. The number of rotatable bonds is 4. The molecule has 2 heteroatoms. The summed E-state index contributed by atoms with van der Waals surface area (Å²) in [5.41, 5.74) is -0.244. The average molecular weight is 142 g/mol. The van der Waals surface area contributed by atoms with Crippen LogP contribution < -0.4 is 0 Å². The normalized spacial score (nSPS) is 11.2. The highest BCUT2D eigenvalue weighted by atomic mass is 28.2. The van der Waals surface area contributed by atoms with E-state index < -0.39 is 0 Å². The second kappa shape index (κ2) is 3.64. The minimum absolute atomic E-state index is 0.244. The van der Waals surface area contributed by atoms with Gasteiger partial charge in [0.1, 0.15) is 10.5 Å². The van der Waals surface area contributed by atoms with Crippen LogP contribution in [0.1, 0.15) is 13.3 Å². The first-order chi connectivity index (χ1) is 4.24. The van der Waals surface area contributed by atoms with E-state index in [2.05, 4.69) is 20.1 Å². The lowest BCUT2D eigenvalue weighted by molar-refractivity contribution is 0.186. The largest absolute Gasteiger partial charge is 0.416 e. The highest BCUT2D eigenvalue weighted by Crippen LogP contribution is 2.16. The van der Waals surface area contributed by atoms with Crippen LogP contribution in [-0.2, 0) is 4.43 Å². The van der Waals surface area contributed by atoms with Crippen LogP contribution in [-0.4, -0.2) is 16.1 Å². The third-order valence-corrected chi connectivity index (χ3v) is 2.38. The molecule has 0 saturated heterocycles. The zero-order chi connectivity index (χ0) is 7.33. The fraction of sp³-hybridized carbons (Fsp3) is 0.429. The van der Waals surface area contributed by atoms with Gasteiger partial charge in [-0.15, -0.1) is 0 Å².